The molecule has 0 saturated heterocycles. The lowest BCUT2D eigenvalue weighted by atomic mass is 10.2. The zero-order chi connectivity index (χ0) is 14.5. The highest BCUT2D eigenvalue weighted by Gasteiger charge is 2.00. The van der Waals surface area contributed by atoms with Crippen molar-refractivity contribution in [3.63, 3.8) is 0 Å². The molecule has 1 N–H and O–H groups in total. The quantitative estimate of drug-likeness (QED) is 0.694. The minimum Gasteiger partial charge on any atom is -0.494 e. The Morgan fingerprint density at radius 2 is 2.19 bits per heavy atom. The molecule has 0 aliphatic rings. The smallest absolute Gasteiger partial charge is 0.200 e. The Morgan fingerprint density at radius 1 is 1.24 bits per heavy atom. The van der Waals surface area contributed by atoms with Crippen LogP contribution in [-0.2, 0) is 0 Å². The van der Waals surface area contributed by atoms with E-state index in [0.717, 1.165) is 24.5 Å². The number of anilines is 1. The largest absolute Gasteiger partial charge is 0.494 e. The van der Waals surface area contributed by atoms with E-state index in [-0.39, 0.29) is 0 Å². The van der Waals surface area contributed by atoms with Crippen molar-refractivity contribution in [3.05, 3.63) is 42.0 Å². The van der Waals surface area contributed by atoms with Gasteiger partial charge < -0.3 is 10.1 Å². The third kappa shape index (κ3) is 3.44. The van der Waals surface area contributed by atoms with E-state index in [1.54, 1.807) is 0 Å². The highest BCUT2D eigenvalue weighted by molar-refractivity contribution is 5.41. The maximum Gasteiger partial charge on any atom is 0.200 e. The molecular formula is C14H16N6O. The second-order valence-electron chi connectivity index (χ2n) is 4.69. The lowest BCUT2D eigenvalue weighted by Gasteiger charge is -2.08. The van der Waals surface area contributed by atoms with Gasteiger partial charge in [0.2, 0.25) is 0 Å². The number of benzene rings is 1. The van der Waals surface area contributed by atoms with E-state index < -0.39 is 0 Å². The van der Waals surface area contributed by atoms with Crippen molar-refractivity contribution in [1.82, 2.24) is 25.3 Å². The van der Waals surface area contributed by atoms with E-state index in [9.17, 15) is 0 Å². The van der Waals surface area contributed by atoms with Gasteiger partial charge in [0.15, 0.2) is 5.65 Å². The Morgan fingerprint density at radius 3 is 3.10 bits per heavy atom. The summed E-state index contributed by atoms with van der Waals surface area (Å²) in [5.74, 6) is 1.65. The SMILES string of the molecule is Cc1cccc(OCCCNc2ccc3nnnn3n2)c1. The molecule has 0 saturated carbocycles. The number of tetrazole rings is 1. The Balaban J connectivity index is 1.43. The molecule has 0 bridgehead atoms. The van der Waals surface area contributed by atoms with Gasteiger partial charge in [-0.3, -0.25) is 0 Å². The van der Waals surface area contributed by atoms with Gasteiger partial charge in [-0.05, 0) is 53.6 Å². The molecule has 3 rings (SSSR count). The van der Waals surface area contributed by atoms with Crippen molar-refractivity contribution in [3.8, 4) is 5.75 Å². The summed E-state index contributed by atoms with van der Waals surface area (Å²) in [7, 11) is 0. The molecule has 21 heavy (non-hydrogen) atoms. The number of ether oxygens (including phenoxy) is 1. The average Bonchev–Trinajstić information content (AvgIpc) is 2.94. The van der Waals surface area contributed by atoms with Crippen LogP contribution >= 0.6 is 0 Å². The monoisotopic (exact) mass is 284 g/mol. The molecule has 1 aromatic carbocycles. The first-order valence-electron chi connectivity index (χ1n) is 6.80. The predicted molar refractivity (Wildman–Crippen MR) is 78.4 cm³/mol. The number of aryl methyl sites for hydroxylation is 1. The number of hydrogen-bond acceptors (Lipinski definition) is 6. The van der Waals surface area contributed by atoms with E-state index in [0.29, 0.717) is 12.3 Å². The first kappa shape index (κ1) is 13.3. The molecule has 0 spiro atoms. The van der Waals surface area contributed by atoms with Gasteiger partial charge in [0.05, 0.1) is 6.61 Å². The van der Waals surface area contributed by atoms with Crippen LogP contribution in [0.25, 0.3) is 5.65 Å². The summed E-state index contributed by atoms with van der Waals surface area (Å²) < 4.78 is 7.08. The topological polar surface area (TPSA) is 77.2 Å². The fourth-order valence-corrected chi connectivity index (χ4v) is 1.93. The molecule has 2 aromatic heterocycles. The predicted octanol–water partition coefficient (Wildman–Crippen LogP) is 1.71. The van der Waals surface area contributed by atoms with E-state index in [4.69, 9.17) is 4.74 Å². The molecule has 0 fully saturated rings. The molecule has 7 nitrogen and oxygen atoms in total. The summed E-state index contributed by atoms with van der Waals surface area (Å²) in [6.45, 7) is 3.48. The number of fused-ring (bicyclic) bond motifs is 1. The van der Waals surface area contributed by atoms with Gasteiger partial charge in [-0.15, -0.1) is 14.8 Å². The van der Waals surface area contributed by atoms with Crippen LogP contribution in [0.5, 0.6) is 5.75 Å². The third-order valence-electron chi connectivity index (χ3n) is 2.96. The van der Waals surface area contributed by atoms with Crippen molar-refractivity contribution in [2.75, 3.05) is 18.5 Å². The first-order valence-corrected chi connectivity index (χ1v) is 6.80. The van der Waals surface area contributed by atoms with Gasteiger partial charge in [0, 0.05) is 6.54 Å². The molecule has 3 aromatic rings. The minimum absolute atomic E-state index is 0.628. The second-order valence-corrected chi connectivity index (χ2v) is 4.69. The summed E-state index contributed by atoms with van der Waals surface area (Å²) in [4.78, 5) is 0. The van der Waals surface area contributed by atoms with Crippen LogP contribution in [0.4, 0.5) is 5.82 Å². The average molecular weight is 284 g/mol. The maximum absolute atomic E-state index is 5.68. The van der Waals surface area contributed by atoms with Gasteiger partial charge in [-0.25, -0.2) is 0 Å². The zero-order valence-electron chi connectivity index (χ0n) is 11.7. The zero-order valence-corrected chi connectivity index (χ0v) is 11.7. The molecule has 0 radical (unpaired) electrons. The Hall–Kier alpha value is -2.70. The van der Waals surface area contributed by atoms with Gasteiger partial charge in [0.1, 0.15) is 11.6 Å². The lowest BCUT2D eigenvalue weighted by Crippen LogP contribution is -2.09. The van der Waals surface area contributed by atoms with Crippen LogP contribution in [0, 0.1) is 6.92 Å². The number of nitrogens with zero attached hydrogens (tertiary/aromatic N) is 5. The second kappa shape index (κ2) is 6.17. The third-order valence-corrected chi connectivity index (χ3v) is 2.96. The van der Waals surface area contributed by atoms with Crippen molar-refractivity contribution < 1.29 is 4.74 Å². The van der Waals surface area contributed by atoms with Gasteiger partial charge >= 0.3 is 0 Å². The van der Waals surface area contributed by atoms with Crippen molar-refractivity contribution in [2.45, 2.75) is 13.3 Å². The fraction of sp³-hybridized carbons (Fsp3) is 0.286. The highest BCUT2D eigenvalue weighted by Crippen LogP contribution is 2.12. The lowest BCUT2D eigenvalue weighted by molar-refractivity contribution is 0.315. The first-order chi connectivity index (χ1) is 10.3. The van der Waals surface area contributed by atoms with Crippen LogP contribution in [0.15, 0.2) is 36.4 Å². The molecule has 2 heterocycles. The van der Waals surface area contributed by atoms with Crippen molar-refractivity contribution in [1.29, 1.82) is 0 Å². The van der Waals surface area contributed by atoms with Crippen molar-refractivity contribution in [2.24, 2.45) is 0 Å². The van der Waals surface area contributed by atoms with Gasteiger partial charge in [-0.1, -0.05) is 12.1 Å². The Kier molecular flexibility index (Phi) is 3.90. The molecule has 0 aliphatic carbocycles. The molecule has 0 atom stereocenters. The Bertz CT molecular complexity index is 726. The number of hydrogen-bond donors (Lipinski definition) is 1. The summed E-state index contributed by atoms with van der Waals surface area (Å²) in [5.41, 5.74) is 1.83. The summed E-state index contributed by atoms with van der Waals surface area (Å²) >= 11 is 0. The van der Waals surface area contributed by atoms with Gasteiger partial charge in [-0.2, -0.15) is 0 Å². The van der Waals surface area contributed by atoms with Gasteiger partial charge in [0.25, 0.3) is 0 Å². The molecular weight excluding hydrogens is 268 g/mol. The molecule has 0 unspecified atom stereocenters. The summed E-state index contributed by atoms with van der Waals surface area (Å²) in [5, 5.41) is 18.5. The van der Waals surface area contributed by atoms with E-state index in [2.05, 4.69) is 38.9 Å². The number of rotatable bonds is 6. The van der Waals surface area contributed by atoms with E-state index in [1.807, 2.05) is 30.3 Å². The Labute approximate surface area is 121 Å². The minimum atomic E-state index is 0.628. The normalized spacial score (nSPS) is 10.7. The molecule has 0 amide bonds. The van der Waals surface area contributed by atoms with Crippen molar-refractivity contribution >= 4 is 11.5 Å². The van der Waals surface area contributed by atoms with Crippen LogP contribution in [-0.4, -0.2) is 38.4 Å². The van der Waals surface area contributed by atoms with E-state index >= 15 is 0 Å². The van der Waals surface area contributed by atoms with Crippen LogP contribution in [0.2, 0.25) is 0 Å². The summed E-state index contributed by atoms with van der Waals surface area (Å²) in [6, 6.07) is 11.7. The maximum atomic E-state index is 5.68. The summed E-state index contributed by atoms with van der Waals surface area (Å²) in [6.07, 6.45) is 0.878. The molecule has 0 aliphatic heterocycles. The number of aromatic nitrogens is 5. The van der Waals surface area contributed by atoms with Crippen LogP contribution in [0.1, 0.15) is 12.0 Å². The van der Waals surface area contributed by atoms with Crippen LogP contribution in [0.3, 0.4) is 0 Å². The molecule has 7 heteroatoms. The van der Waals surface area contributed by atoms with Crippen LogP contribution < -0.4 is 10.1 Å². The molecule has 108 valence electrons. The standard InChI is InChI=1S/C14H16N6O/c1-11-4-2-5-12(10-11)21-9-3-8-15-13-6-7-14-16-18-19-20(14)17-13/h2,4-7,10H,3,8-9H2,1H3,(H,15,17). The van der Waals surface area contributed by atoms with E-state index in [1.165, 1.54) is 10.2 Å². The highest BCUT2D eigenvalue weighted by atomic mass is 16.5. The fourth-order valence-electron chi connectivity index (χ4n) is 1.93. The number of nitrogens with one attached hydrogen (secondary N) is 1.